The van der Waals surface area contributed by atoms with Crippen LogP contribution in [-0.2, 0) is 22.0 Å². The number of aromatic nitrogens is 2. The number of hydrogen-bond donors (Lipinski definition) is 2. The Labute approximate surface area is 158 Å². The fourth-order valence-electron chi connectivity index (χ4n) is 3.37. The third-order valence-electron chi connectivity index (χ3n) is 5.00. The molecule has 1 atom stereocenters. The van der Waals surface area contributed by atoms with Gasteiger partial charge in [-0.3, -0.25) is 0 Å². The summed E-state index contributed by atoms with van der Waals surface area (Å²) in [6, 6.07) is 5.13. The van der Waals surface area contributed by atoms with Crippen LogP contribution in [0.4, 0.5) is 4.39 Å². The van der Waals surface area contributed by atoms with Crippen molar-refractivity contribution in [2.45, 2.75) is 61.9 Å². The second kappa shape index (κ2) is 8.04. The molecule has 1 aromatic carbocycles. The van der Waals surface area contributed by atoms with Gasteiger partial charge in [-0.05, 0) is 45.0 Å². The molecule has 2 aromatic rings. The highest BCUT2D eigenvalue weighted by atomic mass is 32.2. The normalized spacial score (nSPS) is 18.3. The van der Waals surface area contributed by atoms with Crippen molar-refractivity contribution in [2.75, 3.05) is 7.05 Å². The second-order valence-corrected chi connectivity index (χ2v) is 8.80. The Hall–Kier alpha value is -1.84. The average Bonchev–Trinajstić information content (AvgIpc) is 3.11. The first-order chi connectivity index (χ1) is 12.8. The molecular weight excluding hydrogens is 371 g/mol. The molecule has 1 aromatic heterocycles. The maximum Gasteiger partial charge on any atom is 0.247 e. The maximum atomic E-state index is 13.5. The second-order valence-electron chi connectivity index (χ2n) is 7.12. The van der Waals surface area contributed by atoms with Crippen LogP contribution < -0.4 is 10.0 Å². The number of likely N-dealkylation sites (N-methyl/N-ethyl adjacent to an activating group) is 1. The number of halogens is 1. The molecule has 1 aliphatic carbocycles. The Morgan fingerprint density at radius 2 is 2.04 bits per heavy atom. The van der Waals surface area contributed by atoms with Crippen LogP contribution in [-0.4, -0.2) is 31.6 Å². The summed E-state index contributed by atoms with van der Waals surface area (Å²) >= 11 is 0. The quantitative estimate of drug-likeness (QED) is 0.746. The molecule has 2 N–H and O–H groups in total. The first-order valence-electron chi connectivity index (χ1n) is 9.14. The molecule has 1 heterocycles. The van der Waals surface area contributed by atoms with Crippen molar-refractivity contribution in [3.63, 3.8) is 0 Å². The molecule has 9 heteroatoms. The van der Waals surface area contributed by atoms with Crippen molar-refractivity contribution in [1.82, 2.24) is 20.2 Å². The molecule has 7 nitrogen and oxygen atoms in total. The number of nitrogens with one attached hydrogen (secondary N) is 2. The number of sulfonamides is 1. The highest BCUT2D eigenvalue weighted by Gasteiger charge is 2.43. The van der Waals surface area contributed by atoms with E-state index in [0.717, 1.165) is 25.3 Å². The molecule has 0 bridgehead atoms. The van der Waals surface area contributed by atoms with Crippen molar-refractivity contribution in [2.24, 2.45) is 0 Å². The van der Waals surface area contributed by atoms with E-state index in [-0.39, 0.29) is 16.8 Å². The lowest BCUT2D eigenvalue weighted by Gasteiger charge is -2.34. The van der Waals surface area contributed by atoms with Crippen LogP contribution in [0, 0.1) is 5.82 Å². The van der Waals surface area contributed by atoms with Crippen LogP contribution in [0.3, 0.4) is 0 Å². The summed E-state index contributed by atoms with van der Waals surface area (Å²) < 4.78 is 47.5. The molecule has 1 unspecified atom stereocenters. The van der Waals surface area contributed by atoms with Crippen molar-refractivity contribution in [3.8, 4) is 0 Å². The monoisotopic (exact) mass is 396 g/mol. The lowest BCUT2D eigenvalue weighted by atomic mass is 9.82. The van der Waals surface area contributed by atoms with Gasteiger partial charge in [-0.1, -0.05) is 30.5 Å². The minimum atomic E-state index is -3.94. The molecule has 0 spiro atoms. The maximum absolute atomic E-state index is 13.5. The van der Waals surface area contributed by atoms with Gasteiger partial charge in [-0.25, -0.2) is 12.8 Å². The van der Waals surface area contributed by atoms with E-state index in [1.807, 2.05) is 14.0 Å². The van der Waals surface area contributed by atoms with E-state index in [1.165, 1.54) is 18.2 Å². The smallest absolute Gasteiger partial charge is 0.247 e. The van der Waals surface area contributed by atoms with E-state index >= 15 is 0 Å². The van der Waals surface area contributed by atoms with Crippen LogP contribution in [0.1, 0.15) is 50.7 Å². The Morgan fingerprint density at radius 1 is 1.30 bits per heavy atom. The minimum Gasteiger partial charge on any atom is -0.337 e. The standard InChI is InChI=1S/C18H25FN4O3S/c1-13(20-2)11-16-21-17(26-22-16)18(9-4-3-5-10-18)23-27(24,25)15-8-6-7-14(19)12-15/h6-8,12-13,20,23H,3-5,9-11H2,1-2H3. The summed E-state index contributed by atoms with van der Waals surface area (Å²) in [5, 5.41) is 7.13. The molecule has 3 rings (SSSR count). The Balaban J connectivity index is 1.91. The van der Waals surface area contributed by atoms with Gasteiger partial charge in [-0.15, -0.1) is 0 Å². The summed E-state index contributed by atoms with van der Waals surface area (Å²) in [5.74, 6) is 0.207. The zero-order valence-corrected chi connectivity index (χ0v) is 16.4. The molecule has 0 aliphatic heterocycles. The van der Waals surface area contributed by atoms with Gasteiger partial charge in [0.25, 0.3) is 0 Å². The molecule has 0 saturated heterocycles. The molecule has 148 valence electrons. The Kier molecular flexibility index (Phi) is 5.92. The van der Waals surface area contributed by atoms with Crippen molar-refractivity contribution in [1.29, 1.82) is 0 Å². The van der Waals surface area contributed by atoms with E-state index < -0.39 is 21.4 Å². The number of rotatable bonds is 7. The van der Waals surface area contributed by atoms with E-state index in [9.17, 15) is 12.8 Å². The molecular formula is C18H25FN4O3S. The zero-order chi connectivity index (χ0) is 19.5. The van der Waals surface area contributed by atoms with Crippen LogP contribution in [0.2, 0.25) is 0 Å². The van der Waals surface area contributed by atoms with Crippen LogP contribution in [0.25, 0.3) is 0 Å². The minimum absolute atomic E-state index is 0.115. The van der Waals surface area contributed by atoms with Crippen molar-refractivity contribution >= 4 is 10.0 Å². The van der Waals surface area contributed by atoms with Gasteiger partial charge in [0, 0.05) is 12.5 Å². The molecule has 0 amide bonds. The third-order valence-corrected chi connectivity index (χ3v) is 6.54. The van der Waals surface area contributed by atoms with Crippen LogP contribution in [0.5, 0.6) is 0 Å². The molecule has 1 fully saturated rings. The summed E-state index contributed by atoms with van der Waals surface area (Å²) in [7, 11) is -2.09. The molecule has 1 aliphatic rings. The number of benzene rings is 1. The Morgan fingerprint density at radius 3 is 2.70 bits per heavy atom. The number of hydrogen-bond acceptors (Lipinski definition) is 6. The summed E-state index contributed by atoms with van der Waals surface area (Å²) in [6.45, 7) is 2.00. The van der Waals surface area contributed by atoms with E-state index in [1.54, 1.807) is 0 Å². The summed E-state index contributed by atoms with van der Waals surface area (Å²) in [5.41, 5.74) is -0.961. The van der Waals surface area contributed by atoms with Gasteiger partial charge < -0.3 is 9.84 Å². The van der Waals surface area contributed by atoms with E-state index in [2.05, 4.69) is 20.2 Å². The van der Waals surface area contributed by atoms with Crippen LogP contribution in [0.15, 0.2) is 33.7 Å². The fourth-order valence-corrected chi connectivity index (χ4v) is 4.82. The molecule has 1 saturated carbocycles. The van der Waals surface area contributed by atoms with Crippen LogP contribution >= 0.6 is 0 Å². The van der Waals surface area contributed by atoms with Crippen molar-refractivity contribution < 1.29 is 17.3 Å². The van der Waals surface area contributed by atoms with Gasteiger partial charge in [0.1, 0.15) is 11.4 Å². The zero-order valence-electron chi connectivity index (χ0n) is 15.5. The highest BCUT2D eigenvalue weighted by Crippen LogP contribution is 2.37. The van der Waals surface area contributed by atoms with Gasteiger partial charge >= 0.3 is 0 Å². The predicted molar refractivity (Wildman–Crippen MR) is 98.0 cm³/mol. The van der Waals surface area contributed by atoms with E-state index in [4.69, 9.17) is 4.52 Å². The fraction of sp³-hybridized carbons (Fsp3) is 0.556. The summed E-state index contributed by atoms with van der Waals surface area (Å²) in [6.07, 6.45) is 4.40. The average molecular weight is 396 g/mol. The summed E-state index contributed by atoms with van der Waals surface area (Å²) in [4.78, 5) is 4.36. The SMILES string of the molecule is CNC(C)Cc1noc(C2(NS(=O)(=O)c3cccc(F)c3)CCCCC2)n1. The lowest BCUT2D eigenvalue weighted by molar-refractivity contribution is 0.199. The van der Waals surface area contributed by atoms with Gasteiger partial charge in [-0.2, -0.15) is 9.71 Å². The molecule has 27 heavy (non-hydrogen) atoms. The topological polar surface area (TPSA) is 97.1 Å². The van der Waals surface area contributed by atoms with Gasteiger partial charge in [0.2, 0.25) is 15.9 Å². The van der Waals surface area contributed by atoms with Crippen molar-refractivity contribution in [3.05, 3.63) is 41.8 Å². The van der Waals surface area contributed by atoms with Gasteiger partial charge in [0.15, 0.2) is 5.82 Å². The Bertz CT molecular complexity index is 878. The third kappa shape index (κ3) is 4.53. The molecule has 0 radical (unpaired) electrons. The number of nitrogens with zero attached hydrogens (tertiary/aromatic N) is 2. The van der Waals surface area contributed by atoms with Gasteiger partial charge in [0.05, 0.1) is 4.90 Å². The lowest BCUT2D eigenvalue weighted by Crippen LogP contribution is -2.47. The van der Waals surface area contributed by atoms with E-state index in [0.29, 0.717) is 25.1 Å². The highest BCUT2D eigenvalue weighted by molar-refractivity contribution is 7.89. The first-order valence-corrected chi connectivity index (χ1v) is 10.6. The largest absolute Gasteiger partial charge is 0.337 e. The first kappa shape index (κ1) is 19.9. The predicted octanol–water partition coefficient (Wildman–Crippen LogP) is 2.50.